The molecule has 1 unspecified atom stereocenters. The van der Waals surface area contributed by atoms with E-state index in [1.54, 1.807) is 0 Å². The molecule has 1 aromatic rings. The summed E-state index contributed by atoms with van der Waals surface area (Å²) in [4.78, 5) is 21.9. The van der Waals surface area contributed by atoms with Gasteiger partial charge in [-0.2, -0.15) is 0 Å². The van der Waals surface area contributed by atoms with E-state index >= 15 is 0 Å². The van der Waals surface area contributed by atoms with E-state index in [1.165, 1.54) is 5.56 Å². The number of aryl methyl sites for hydroxylation is 1. The van der Waals surface area contributed by atoms with Gasteiger partial charge < -0.3 is 15.7 Å². The molecule has 1 rings (SSSR count). The predicted octanol–water partition coefficient (Wildman–Crippen LogP) is 2.14. The average molecular weight is 264 g/mol. The van der Waals surface area contributed by atoms with E-state index in [2.05, 4.69) is 10.6 Å². The van der Waals surface area contributed by atoms with Crippen LogP contribution >= 0.6 is 0 Å². The van der Waals surface area contributed by atoms with E-state index in [0.29, 0.717) is 0 Å². The Morgan fingerprint density at radius 2 is 2.00 bits per heavy atom. The first-order valence-electron chi connectivity index (χ1n) is 6.24. The van der Waals surface area contributed by atoms with Crippen LogP contribution in [0.3, 0.4) is 0 Å². The highest BCUT2D eigenvalue weighted by atomic mass is 16.4. The Morgan fingerprint density at radius 1 is 1.32 bits per heavy atom. The Morgan fingerprint density at radius 3 is 2.63 bits per heavy atom. The molecular weight excluding hydrogens is 244 g/mol. The molecule has 0 aliphatic rings. The minimum atomic E-state index is -0.928. The number of rotatable bonds is 5. The molecule has 2 amide bonds. The van der Waals surface area contributed by atoms with Gasteiger partial charge in [-0.05, 0) is 37.5 Å². The van der Waals surface area contributed by atoms with Gasteiger partial charge in [-0.25, -0.2) is 4.79 Å². The lowest BCUT2D eigenvalue weighted by Crippen LogP contribution is -2.38. The summed E-state index contributed by atoms with van der Waals surface area (Å²) in [5.41, 5.74) is 3.40. The number of urea groups is 1. The van der Waals surface area contributed by atoms with Gasteiger partial charge in [-0.15, -0.1) is 0 Å². The van der Waals surface area contributed by atoms with Crippen molar-refractivity contribution in [3.05, 3.63) is 34.9 Å². The number of aliphatic carboxylic acids is 1. The third-order valence-electron chi connectivity index (χ3n) is 3.09. The Bertz CT molecular complexity index is 472. The van der Waals surface area contributed by atoms with Crippen molar-refractivity contribution < 1.29 is 14.7 Å². The van der Waals surface area contributed by atoms with Gasteiger partial charge in [0.15, 0.2) is 0 Å². The van der Waals surface area contributed by atoms with Crippen LogP contribution in [0, 0.1) is 13.8 Å². The summed E-state index contributed by atoms with van der Waals surface area (Å²) in [6.45, 7) is 6.07. The van der Waals surface area contributed by atoms with Gasteiger partial charge in [0.05, 0.1) is 12.5 Å². The molecule has 1 atom stereocenters. The molecule has 0 aliphatic heterocycles. The Hall–Kier alpha value is -2.04. The van der Waals surface area contributed by atoms with E-state index in [-0.39, 0.29) is 25.0 Å². The molecule has 104 valence electrons. The van der Waals surface area contributed by atoms with E-state index in [4.69, 9.17) is 5.11 Å². The van der Waals surface area contributed by atoms with Gasteiger partial charge in [0.25, 0.3) is 0 Å². The fraction of sp³-hybridized carbons (Fsp3) is 0.429. The number of hydrogen-bond donors (Lipinski definition) is 3. The highest BCUT2D eigenvalue weighted by Crippen LogP contribution is 2.19. The normalized spacial score (nSPS) is 11.7. The van der Waals surface area contributed by atoms with Crippen molar-refractivity contribution in [2.75, 3.05) is 6.54 Å². The second-order valence-corrected chi connectivity index (χ2v) is 4.55. The highest BCUT2D eigenvalue weighted by molar-refractivity contribution is 5.75. The second-order valence-electron chi connectivity index (χ2n) is 4.55. The van der Waals surface area contributed by atoms with Crippen molar-refractivity contribution in [3.8, 4) is 0 Å². The van der Waals surface area contributed by atoms with Crippen molar-refractivity contribution in [3.63, 3.8) is 0 Å². The summed E-state index contributed by atoms with van der Waals surface area (Å²) < 4.78 is 0. The lowest BCUT2D eigenvalue weighted by atomic mass is 9.98. The smallest absolute Gasteiger partial charge is 0.315 e. The van der Waals surface area contributed by atoms with Crippen LogP contribution in [0.4, 0.5) is 4.79 Å². The van der Waals surface area contributed by atoms with Crippen LogP contribution < -0.4 is 10.6 Å². The number of hydrogen-bond acceptors (Lipinski definition) is 2. The maximum Gasteiger partial charge on any atom is 0.315 e. The minimum Gasteiger partial charge on any atom is -0.481 e. The maximum absolute atomic E-state index is 11.6. The summed E-state index contributed by atoms with van der Waals surface area (Å²) in [7, 11) is 0. The van der Waals surface area contributed by atoms with Crippen LogP contribution in [-0.4, -0.2) is 23.7 Å². The summed E-state index contributed by atoms with van der Waals surface area (Å²) in [6.07, 6.45) is -0.0781. The lowest BCUT2D eigenvalue weighted by Gasteiger charge is -2.18. The summed E-state index contributed by atoms with van der Waals surface area (Å²) in [6, 6.07) is 5.49. The SMILES string of the molecule is Cc1cccc(C(C)NC(=O)NCCC(=O)O)c1C. The minimum absolute atomic E-state index is 0.0781. The summed E-state index contributed by atoms with van der Waals surface area (Å²) in [5.74, 6) is -0.928. The van der Waals surface area contributed by atoms with Gasteiger partial charge in [-0.1, -0.05) is 18.2 Å². The van der Waals surface area contributed by atoms with Crippen molar-refractivity contribution >= 4 is 12.0 Å². The Labute approximate surface area is 113 Å². The van der Waals surface area contributed by atoms with Crippen LogP contribution in [0.15, 0.2) is 18.2 Å². The van der Waals surface area contributed by atoms with Crippen LogP contribution in [0.25, 0.3) is 0 Å². The molecule has 5 heteroatoms. The number of carboxylic acids is 1. The average Bonchev–Trinajstić information content (AvgIpc) is 2.31. The van der Waals surface area contributed by atoms with E-state index in [9.17, 15) is 9.59 Å². The number of amides is 2. The molecule has 0 saturated carbocycles. The topological polar surface area (TPSA) is 78.4 Å². The van der Waals surface area contributed by atoms with Gasteiger partial charge in [0.2, 0.25) is 0 Å². The van der Waals surface area contributed by atoms with E-state index in [1.807, 2.05) is 39.0 Å². The largest absolute Gasteiger partial charge is 0.481 e. The zero-order valence-corrected chi connectivity index (χ0v) is 11.5. The second kappa shape index (κ2) is 6.78. The molecule has 0 spiro atoms. The lowest BCUT2D eigenvalue weighted by molar-refractivity contribution is -0.136. The molecule has 0 bridgehead atoms. The molecular formula is C14H20N2O3. The molecule has 0 radical (unpaired) electrons. The summed E-state index contributed by atoms with van der Waals surface area (Å²) in [5, 5.41) is 13.8. The van der Waals surface area contributed by atoms with Crippen molar-refractivity contribution in [2.45, 2.75) is 33.2 Å². The molecule has 0 saturated heterocycles. The fourth-order valence-electron chi connectivity index (χ4n) is 1.85. The first-order valence-corrected chi connectivity index (χ1v) is 6.24. The van der Waals surface area contributed by atoms with Crippen LogP contribution in [0.2, 0.25) is 0 Å². The molecule has 19 heavy (non-hydrogen) atoms. The number of benzene rings is 1. The zero-order valence-electron chi connectivity index (χ0n) is 11.5. The molecule has 5 nitrogen and oxygen atoms in total. The first kappa shape index (κ1) is 15.0. The quantitative estimate of drug-likeness (QED) is 0.762. The standard InChI is InChI=1S/C14H20N2O3/c1-9-5-4-6-12(10(9)2)11(3)16-14(19)15-8-7-13(17)18/h4-6,11H,7-8H2,1-3H3,(H,17,18)(H2,15,16,19). The maximum atomic E-state index is 11.6. The van der Waals surface area contributed by atoms with Crippen molar-refractivity contribution in [1.82, 2.24) is 10.6 Å². The van der Waals surface area contributed by atoms with Gasteiger partial charge in [0, 0.05) is 6.54 Å². The fourth-order valence-corrected chi connectivity index (χ4v) is 1.85. The molecule has 0 aromatic heterocycles. The van der Waals surface area contributed by atoms with Gasteiger partial charge in [0.1, 0.15) is 0 Å². The van der Waals surface area contributed by atoms with Gasteiger partial charge in [-0.3, -0.25) is 4.79 Å². The summed E-state index contributed by atoms with van der Waals surface area (Å²) >= 11 is 0. The Balaban J connectivity index is 2.54. The number of carboxylic acid groups (broad SMARTS) is 1. The number of carbonyl (C=O) groups excluding carboxylic acids is 1. The molecule has 1 aromatic carbocycles. The van der Waals surface area contributed by atoms with Crippen molar-refractivity contribution in [1.29, 1.82) is 0 Å². The van der Waals surface area contributed by atoms with E-state index in [0.717, 1.165) is 11.1 Å². The molecule has 0 fully saturated rings. The van der Waals surface area contributed by atoms with Gasteiger partial charge >= 0.3 is 12.0 Å². The third kappa shape index (κ3) is 4.62. The molecule has 0 aliphatic carbocycles. The first-order chi connectivity index (χ1) is 8.91. The molecule has 0 heterocycles. The van der Waals surface area contributed by atoms with Crippen molar-refractivity contribution in [2.24, 2.45) is 0 Å². The zero-order chi connectivity index (χ0) is 14.4. The van der Waals surface area contributed by atoms with Crippen LogP contribution in [0.1, 0.15) is 36.1 Å². The Kier molecular flexibility index (Phi) is 5.36. The number of carbonyl (C=O) groups is 2. The molecule has 3 N–H and O–H groups in total. The van der Waals surface area contributed by atoms with E-state index < -0.39 is 5.97 Å². The van der Waals surface area contributed by atoms with Crippen LogP contribution in [-0.2, 0) is 4.79 Å². The predicted molar refractivity (Wildman–Crippen MR) is 73.1 cm³/mol. The highest BCUT2D eigenvalue weighted by Gasteiger charge is 2.12. The monoisotopic (exact) mass is 264 g/mol. The van der Waals surface area contributed by atoms with Crippen LogP contribution in [0.5, 0.6) is 0 Å². The third-order valence-corrected chi connectivity index (χ3v) is 3.09. The number of nitrogens with one attached hydrogen (secondary N) is 2.